The van der Waals surface area contributed by atoms with Crippen LogP contribution in [-0.2, 0) is 11.3 Å². The Morgan fingerprint density at radius 1 is 1.25 bits per heavy atom. The van der Waals surface area contributed by atoms with Crippen molar-refractivity contribution < 1.29 is 9.90 Å². The number of benzene rings is 1. The van der Waals surface area contributed by atoms with Crippen LogP contribution in [-0.4, -0.2) is 25.8 Å². The Morgan fingerprint density at radius 3 is 2.44 bits per heavy atom. The van der Waals surface area contributed by atoms with Crippen molar-refractivity contribution in [1.82, 2.24) is 14.8 Å². The summed E-state index contributed by atoms with van der Waals surface area (Å²) in [6.45, 7) is 0.340. The van der Waals surface area contributed by atoms with Gasteiger partial charge in [-0.2, -0.15) is 0 Å². The molecule has 1 heterocycles. The van der Waals surface area contributed by atoms with E-state index in [0.29, 0.717) is 6.54 Å². The third-order valence-corrected chi connectivity index (χ3v) is 2.36. The van der Waals surface area contributed by atoms with E-state index in [9.17, 15) is 9.90 Å². The molecule has 0 aliphatic rings. The lowest BCUT2D eigenvalue weighted by atomic mass is 9.99. The summed E-state index contributed by atoms with van der Waals surface area (Å²) in [4.78, 5) is 11.2. The number of aromatic nitrogens is 3. The van der Waals surface area contributed by atoms with E-state index in [0.717, 1.165) is 5.56 Å². The standard InChI is InChI=1S/C11H11N3O2/c15-11(16)10(6-14-7-12-13-8-14)9-4-2-1-3-5-9/h1-5,7-8,10H,6H2,(H,15,16). The highest BCUT2D eigenvalue weighted by Gasteiger charge is 2.19. The molecule has 0 saturated carbocycles. The second-order valence-electron chi connectivity index (χ2n) is 3.46. The van der Waals surface area contributed by atoms with E-state index in [2.05, 4.69) is 10.2 Å². The van der Waals surface area contributed by atoms with Crippen LogP contribution >= 0.6 is 0 Å². The van der Waals surface area contributed by atoms with Crippen LogP contribution in [0.1, 0.15) is 11.5 Å². The van der Waals surface area contributed by atoms with Gasteiger partial charge in [-0.1, -0.05) is 30.3 Å². The molecule has 0 fully saturated rings. The van der Waals surface area contributed by atoms with Crippen LogP contribution in [0.5, 0.6) is 0 Å². The van der Waals surface area contributed by atoms with Crippen molar-refractivity contribution in [1.29, 1.82) is 0 Å². The molecule has 1 N–H and O–H groups in total. The molecule has 0 amide bonds. The lowest BCUT2D eigenvalue weighted by molar-refractivity contribution is -0.139. The quantitative estimate of drug-likeness (QED) is 0.834. The van der Waals surface area contributed by atoms with E-state index >= 15 is 0 Å². The SMILES string of the molecule is O=C(O)C(Cn1cnnc1)c1ccccc1. The second kappa shape index (κ2) is 4.57. The topological polar surface area (TPSA) is 68.0 Å². The Balaban J connectivity index is 2.22. The fourth-order valence-corrected chi connectivity index (χ4v) is 1.54. The van der Waals surface area contributed by atoms with Gasteiger partial charge in [-0.25, -0.2) is 0 Å². The predicted octanol–water partition coefficient (Wildman–Crippen LogP) is 1.15. The summed E-state index contributed by atoms with van der Waals surface area (Å²) in [5.74, 6) is -1.42. The molecule has 2 aromatic rings. The van der Waals surface area contributed by atoms with Gasteiger partial charge in [0.05, 0.1) is 5.92 Å². The van der Waals surface area contributed by atoms with Gasteiger partial charge in [0, 0.05) is 6.54 Å². The number of carboxylic acids is 1. The summed E-state index contributed by atoms with van der Waals surface area (Å²) in [7, 11) is 0. The number of carboxylic acid groups (broad SMARTS) is 1. The molecule has 5 heteroatoms. The molecule has 1 aromatic heterocycles. The fraction of sp³-hybridized carbons (Fsp3) is 0.182. The molecule has 0 bridgehead atoms. The summed E-state index contributed by atoms with van der Waals surface area (Å²) in [5, 5.41) is 16.5. The molecular weight excluding hydrogens is 206 g/mol. The maximum absolute atomic E-state index is 11.2. The second-order valence-corrected chi connectivity index (χ2v) is 3.46. The van der Waals surface area contributed by atoms with Gasteiger partial charge in [0.2, 0.25) is 0 Å². The van der Waals surface area contributed by atoms with Crippen LogP contribution in [0.4, 0.5) is 0 Å². The predicted molar refractivity (Wildman–Crippen MR) is 56.8 cm³/mol. The zero-order valence-corrected chi connectivity index (χ0v) is 8.52. The smallest absolute Gasteiger partial charge is 0.312 e. The van der Waals surface area contributed by atoms with Crippen LogP contribution in [0.25, 0.3) is 0 Å². The van der Waals surface area contributed by atoms with Crippen LogP contribution in [0.3, 0.4) is 0 Å². The van der Waals surface area contributed by atoms with Crippen molar-refractivity contribution in [2.45, 2.75) is 12.5 Å². The average molecular weight is 217 g/mol. The zero-order valence-electron chi connectivity index (χ0n) is 8.52. The Kier molecular flexibility index (Phi) is 2.95. The number of hydrogen-bond donors (Lipinski definition) is 1. The Hall–Kier alpha value is -2.17. The monoisotopic (exact) mass is 217 g/mol. The first kappa shape index (κ1) is 10.4. The van der Waals surface area contributed by atoms with Gasteiger partial charge >= 0.3 is 5.97 Å². The summed E-state index contributed by atoms with van der Waals surface area (Å²) in [6.07, 6.45) is 3.03. The summed E-state index contributed by atoms with van der Waals surface area (Å²) in [5.41, 5.74) is 0.781. The minimum Gasteiger partial charge on any atom is -0.481 e. The van der Waals surface area contributed by atoms with Gasteiger partial charge in [-0.3, -0.25) is 4.79 Å². The third-order valence-electron chi connectivity index (χ3n) is 2.36. The normalized spacial score (nSPS) is 12.2. The molecule has 1 aromatic carbocycles. The van der Waals surface area contributed by atoms with Crippen molar-refractivity contribution in [3.63, 3.8) is 0 Å². The average Bonchev–Trinajstić information content (AvgIpc) is 2.79. The first-order valence-corrected chi connectivity index (χ1v) is 4.87. The molecule has 82 valence electrons. The maximum Gasteiger partial charge on any atom is 0.312 e. The van der Waals surface area contributed by atoms with Gasteiger partial charge in [0.15, 0.2) is 0 Å². The first-order valence-electron chi connectivity index (χ1n) is 4.87. The molecule has 0 aliphatic heterocycles. The van der Waals surface area contributed by atoms with Crippen molar-refractivity contribution in [3.8, 4) is 0 Å². The van der Waals surface area contributed by atoms with E-state index in [1.54, 1.807) is 4.57 Å². The van der Waals surface area contributed by atoms with Gasteiger partial charge in [-0.05, 0) is 5.56 Å². The van der Waals surface area contributed by atoms with E-state index in [1.807, 2.05) is 30.3 Å². The molecule has 2 rings (SSSR count). The van der Waals surface area contributed by atoms with E-state index in [-0.39, 0.29) is 0 Å². The van der Waals surface area contributed by atoms with Crippen molar-refractivity contribution >= 4 is 5.97 Å². The number of hydrogen-bond acceptors (Lipinski definition) is 3. The molecule has 16 heavy (non-hydrogen) atoms. The summed E-state index contributed by atoms with van der Waals surface area (Å²) < 4.78 is 1.66. The molecular formula is C11H11N3O2. The maximum atomic E-state index is 11.2. The van der Waals surface area contributed by atoms with Crippen LogP contribution < -0.4 is 0 Å². The number of nitrogens with zero attached hydrogens (tertiary/aromatic N) is 3. The van der Waals surface area contributed by atoms with Crippen LogP contribution in [0.15, 0.2) is 43.0 Å². The van der Waals surface area contributed by atoms with Gasteiger partial charge in [0.25, 0.3) is 0 Å². The summed E-state index contributed by atoms with van der Waals surface area (Å²) in [6, 6.07) is 9.14. The minimum absolute atomic E-state index is 0.340. The number of rotatable bonds is 4. The van der Waals surface area contributed by atoms with Crippen molar-refractivity contribution in [2.24, 2.45) is 0 Å². The molecule has 5 nitrogen and oxygen atoms in total. The molecule has 1 unspecified atom stereocenters. The lowest BCUT2D eigenvalue weighted by Gasteiger charge is -2.12. The third kappa shape index (κ3) is 2.25. The largest absolute Gasteiger partial charge is 0.481 e. The van der Waals surface area contributed by atoms with E-state index in [1.165, 1.54) is 12.7 Å². The first-order chi connectivity index (χ1) is 7.77. The van der Waals surface area contributed by atoms with Gasteiger partial charge < -0.3 is 9.67 Å². The minimum atomic E-state index is -0.847. The number of aliphatic carboxylic acids is 1. The summed E-state index contributed by atoms with van der Waals surface area (Å²) >= 11 is 0. The zero-order chi connectivity index (χ0) is 11.4. The van der Waals surface area contributed by atoms with Crippen molar-refractivity contribution in [3.05, 3.63) is 48.5 Å². The highest BCUT2D eigenvalue weighted by atomic mass is 16.4. The highest BCUT2D eigenvalue weighted by molar-refractivity contribution is 5.75. The van der Waals surface area contributed by atoms with Crippen LogP contribution in [0, 0.1) is 0 Å². The lowest BCUT2D eigenvalue weighted by Crippen LogP contribution is -2.17. The molecule has 1 atom stereocenters. The Bertz CT molecular complexity index is 453. The highest BCUT2D eigenvalue weighted by Crippen LogP contribution is 2.17. The van der Waals surface area contributed by atoms with E-state index < -0.39 is 11.9 Å². The van der Waals surface area contributed by atoms with Gasteiger partial charge in [-0.15, -0.1) is 10.2 Å². The van der Waals surface area contributed by atoms with Gasteiger partial charge in [0.1, 0.15) is 12.7 Å². The van der Waals surface area contributed by atoms with E-state index in [4.69, 9.17) is 0 Å². The molecule has 0 radical (unpaired) electrons. The fourth-order valence-electron chi connectivity index (χ4n) is 1.54. The molecule has 0 spiro atoms. The molecule has 0 saturated heterocycles. The number of carbonyl (C=O) groups is 1. The molecule has 0 aliphatic carbocycles. The van der Waals surface area contributed by atoms with Crippen molar-refractivity contribution in [2.75, 3.05) is 0 Å². The Labute approximate surface area is 92.4 Å². The van der Waals surface area contributed by atoms with Crippen LogP contribution in [0.2, 0.25) is 0 Å². The Morgan fingerprint density at radius 2 is 1.88 bits per heavy atom.